The highest BCUT2D eigenvalue weighted by atomic mass is 16.5. The summed E-state index contributed by atoms with van der Waals surface area (Å²) >= 11 is 0. The Kier molecular flexibility index (Phi) is 8.39. The number of amides is 1. The number of carboxylic acid groups (broad SMARTS) is 1. The van der Waals surface area contributed by atoms with Gasteiger partial charge in [0.25, 0.3) is 5.91 Å². The first-order chi connectivity index (χ1) is 18.1. The summed E-state index contributed by atoms with van der Waals surface area (Å²) in [6.07, 6.45) is 17.4. The summed E-state index contributed by atoms with van der Waals surface area (Å²) in [5, 5.41) is 12.1. The lowest BCUT2D eigenvalue weighted by molar-refractivity contribution is -0.131. The first kappa shape index (κ1) is 25.7. The Morgan fingerprint density at radius 3 is 2.70 bits per heavy atom. The number of benzene rings is 1. The van der Waals surface area contributed by atoms with Gasteiger partial charge in [-0.05, 0) is 48.8 Å². The van der Waals surface area contributed by atoms with E-state index in [-0.39, 0.29) is 30.0 Å². The van der Waals surface area contributed by atoms with Crippen molar-refractivity contribution in [2.75, 3.05) is 6.54 Å². The Hall–Kier alpha value is -2.93. The number of carboxylic acids is 1. The van der Waals surface area contributed by atoms with Crippen LogP contribution in [0.3, 0.4) is 0 Å². The molecule has 1 aliphatic carbocycles. The lowest BCUT2D eigenvalue weighted by atomic mass is 9.75. The molecule has 198 valence electrons. The van der Waals surface area contributed by atoms with Crippen molar-refractivity contribution in [2.24, 2.45) is 11.8 Å². The number of ether oxygens (including phenoxy) is 1. The number of fused-ring (bicyclic) bond motifs is 2. The molecular formula is C30H38N2O5. The van der Waals surface area contributed by atoms with Gasteiger partial charge in [-0.2, -0.15) is 0 Å². The maximum Gasteiger partial charge on any atom is 0.328 e. The van der Waals surface area contributed by atoms with Crippen molar-refractivity contribution in [1.29, 1.82) is 0 Å². The van der Waals surface area contributed by atoms with E-state index in [1.807, 2.05) is 24.3 Å². The molecule has 3 heterocycles. The van der Waals surface area contributed by atoms with Crippen LogP contribution in [0.5, 0.6) is 0 Å². The molecule has 1 amide bonds. The molecule has 0 radical (unpaired) electrons. The van der Waals surface area contributed by atoms with E-state index in [0.29, 0.717) is 18.1 Å². The van der Waals surface area contributed by atoms with Crippen LogP contribution in [0, 0.1) is 11.8 Å². The number of aliphatic carboxylic acids is 1. The van der Waals surface area contributed by atoms with Gasteiger partial charge >= 0.3 is 5.97 Å². The Labute approximate surface area is 218 Å². The molecule has 3 fully saturated rings. The minimum atomic E-state index is -0.967. The number of carbonyl (C=O) groups excluding carboxylic acids is 1. The van der Waals surface area contributed by atoms with Crippen LogP contribution < -0.4 is 5.32 Å². The molecule has 1 saturated carbocycles. The largest absolute Gasteiger partial charge is 0.478 e. The maximum absolute atomic E-state index is 12.7. The molecule has 2 bridgehead atoms. The van der Waals surface area contributed by atoms with Crippen LogP contribution in [0.25, 0.3) is 6.08 Å². The molecule has 0 spiro atoms. The van der Waals surface area contributed by atoms with E-state index in [0.717, 1.165) is 49.1 Å². The number of carbonyl (C=O) groups is 2. The fourth-order valence-corrected chi connectivity index (χ4v) is 6.54. The summed E-state index contributed by atoms with van der Waals surface area (Å²) in [5.74, 6) is 0.431. The molecule has 1 aromatic carbocycles. The molecule has 2 saturated heterocycles. The van der Waals surface area contributed by atoms with Crippen LogP contribution in [0.4, 0.5) is 0 Å². The van der Waals surface area contributed by atoms with Crippen molar-refractivity contribution >= 4 is 18.0 Å². The predicted octanol–water partition coefficient (Wildman–Crippen LogP) is 5.76. The van der Waals surface area contributed by atoms with Crippen LogP contribution in [0.1, 0.15) is 97.6 Å². The molecule has 4 atom stereocenters. The molecule has 3 aliphatic rings. The van der Waals surface area contributed by atoms with E-state index in [2.05, 4.69) is 10.3 Å². The van der Waals surface area contributed by atoms with E-state index in [1.165, 1.54) is 50.9 Å². The normalized spacial score (nSPS) is 25.6. The number of hydrogen-bond donors (Lipinski definition) is 2. The van der Waals surface area contributed by atoms with Crippen LogP contribution in [-0.4, -0.2) is 40.7 Å². The summed E-state index contributed by atoms with van der Waals surface area (Å²) in [7, 11) is 0. The molecule has 1 aromatic heterocycles. The van der Waals surface area contributed by atoms with E-state index in [9.17, 15) is 9.59 Å². The smallest absolute Gasteiger partial charge is 0.328 e. The van der Waals surface area contributed by atoms with Crippen molar-refractivity contribution in [3.05, 3.63) is 59.3 Å². The molecular weight excluding hydrogens is 468 g/mol. The fourth-order valence-electron chi connectivity index (χ4n) is 6.54. The standard InChI is InChI=1S/C30H38N2O5/c33-27(34)16-13-21-11-4-5-12-22(21)18-23-25-14-15-26(37-25)28(23)30-32-24(19-36-30)29(35)31-17-7-6-10-20-8-2-1-3-9-20/h4-5,11-13,16,19-20,23,25-26,28H,1-3,6-10,14-15,17-18H2,(H,31,35)(H,33,34)/t23-,25-,26+,28-/m0/s1. The van der Waals surface area contributed by atoms with Crippen molar-refractivity contribution in [3.63, 3.8) is 0 Å². The van der Waals surface area contributed by atoms with Crippen molar-refractivity contribution in [1.82, 2.24) is 10.3 Å². The second kappa shape index (κ2) is 12.1. The number of nitrogens with one attached hydrogen (secondary N) is 1. The van der Waals surface area contributed by atoms with Gasteiger partial charge in [-0.1, -0.05) is 69.2 Å². The monoisotopic (exact) mass is 506 g/mol. The van der Waals surface area contributed by atoms with Gasteiger partial charge in [-0.25, -0.2) is 9.78 Å². The fraction of sp³-hybridized carbons (Fsp3) is 0.567. The van der Waals surface area contributed by atoms with E-state index in [4.69, 9.17) is 14.3 Å². The van der Waals surface area contributed by atoms with E-state index in [1.54, 1.807) is 6.08 Å². The number of rotatable bonds is 11. The molecule has 7 nitrogen and oxygen atoms in total. The second-order valence-corrected chi connectivity index (χ2v) is 10.9. The van der Waals surface area contributed by atoms with Gasteiger partial charge in [0.2, 0.25) is 5.89 Å². The van der Waals surface area contributed by atoms with Crippen molar-refractivity contribution in [2.45, 2.75) is 88.8 Å². The quantitative estimate of drug-likeness (QED) is 0.297. The second-order valence-electron chi connectivity index (χ2n) is 10.9. The Bertz CT molecular complexity index is 1100. The Morgan fingerprint density at radius 1 is 1.05 bits per heavy atom. The zero-order valence-electron chi connectivity index (χ0n) is 21.4. The molecule has 7 heteroatoms. The molecule has 5 rings (SSSR count). The van der Waals surface area contributed by atoms with Gasteiger partial charge in [0.05, 0.1) is 18.1 Å². The van der Waals surface area contributed by atoms with Crippen molar-refractivity contribution < 1.29 is 23.8 Å². The molecule has 0 unspecified atom stereocenters. The van der Waals surface area contributed by atoms with Gasteiger partial charge in [0.1, 0.15) is 6.26 Å². The summed E-state index contributed by atoms with van der Waals surface area (Å²) in [6.45, 7) is 0.661. The lowest BCUT2D eigenvalue weighted by Crippen LogP contribution is -2.28. The van der Waals surface area contributed by atoms with E-state index < -0.39 is 5.97 Å². The van der Waals surface area contributed by atoms with Crippen LogP contribution in [-0.2, 0) is 16.0 Å². The van der Waals surface area contributed by atoms with Crippen molar-refractivity contribution in [3.8, 4) is 0 Å². The van der Waals surface area contributed by atoms with Crippen LogP contribution in [0.15, 0.2) is 41.0 Å². The van der Waals surface area contributed by atoms with Crippen LogP contribution >= 0.6 is 0 Å². The number of oxazole rings is 1. The number of unbranched alkanes of at least 4 members (excludes halogenated alkanes) is 1. The third-order valence-electron chi connectivity index (χ3n) is 8.43. The topological polar surface area (TPSA) is 102 Å². The van der Waals surface area contributed by atoms with E-state index >= 15 is 0 Å². The summed E-state index contributed by atoms with van der Waals surface area (Å²) in [6, 6.07) is 7.85. The van der Waals surface area contributed by atoms with Crippen LogP contribution in [0.2, 0.25) is 0 Å². The zero-order chi connectivity index (χ0) is 25.6. The number of nitrogens with zero attached hydrogens (tertiary/aromatic N) is 1. The van der Waals surface area contributed by atoms with Gasteiger partial charge in [0, 0.05) is 18.5 Å². The first-order valence-corrected chi connectivity index (χ1v) is 14.0. The third kappa shape index (κ3) is 6.32. The maximum atomic E-state index is 12.7. The highest BCUT2D eigenvalue weighted by molar-refractivity contribution is 5.91. The van der Waals surface area contributed by atoms with Gasteiger partial charge in [0.15, 0.2) is 5.69 Å². The Balaban J connectivity index is 1.18. The molecule has 37 heavy (non-hydrogen) atoms. The summed E-state index contributed by atoms with van der Waals surface area (Å²) < 4.78 is 12.1. The van der Waals surface area contributed by atoms with Gasteiger partial charge < -0.3 is 19.6 Å². The average Bonchev–Trinajstić information content (AvgIpc) is 3.65. The number of hydrogen-bond acceptors (Lipinski definition) is 5. The van der Waals surface area contributed by atoms with Gasteiger partial charge in [-0.15, -0.1) is 0 Å². The third-order valence-corrected chi connectivity index (χ3v) is 8.43. The first-order valence-electron chi connectivity index (χ1n) is 14.0. The molecule has 2 N–H and O–H groups in total. The molecule has 2 aliphatic heterocycles. The minimum Gasteiger partial charge on any atom is -0.478 e. The highest BCUT2D eigenvalue weighted by Gasteiger charge is 2.51. The summed E-state index contributed by atoms with van der Waals surface area (Å²) in [4.78, 5) is 28.4. The SMILES string of the molecule is O=C(O)C=Cc1ccccc1C[C@@H]1[C@H](c2nc(C(=O)NCCCCC3CCCCC3)co2)[C@H]2CC[C@@H]1O2. The highest BCUT2D eigenvalue weighted by Crippen LogP contribution is 2.50. The minimum absolute atomic E-state index is 0.0210. The predicted molar refractivity (Wildman–Crippen MR) is 140 cm³/mol. The summed E-state index contributed by atoms with van der Waals surface area (Å²) in [5.41, 5.74) is 2.29. The zero-order valence-corrected chi connectivity index (χ0v) is 21.4. The lowest BCUT2D eigenvalue weighted by Gasteiger charge is -2.26. The molecule has 2 aromatic rings. The Morgan fingerprint density at radius 2 is 1.86 bits per heavy atom. The average molecular weight is 507 g/mol. The van der Waals surface area contributed by atoms with Gasteiger partial charge in [-0.3, -0.25) is 4.79 Å². The number of aromatic nitrogens is 1.